The van der Waals surface area contributed by atoms with Gasteiger partial charge in [-0.15, -0.1) is 0 Å². The Hall–Kier alpha value is -1.06. The van der Waals surface area contributed by atoms with Gasteiger partial charge in [0.2, 0.25) is 0 Å². The second kappa shape index (κ2) is 6.62. The van der Waals surface area contributed by atoms with Gasteiger partial charge in [-0.1, -0.05) is 24.6 Å². The van der Waals surface area contributed by atoms with Crippen LogP contribution in [0.2, 0.25) is 5.02 Å². The van der Waals surface area contributed by atoms with Crippen LogP contribution in [0.5, 0.6) is 0 Å². The number of rotatable bonds is 6. The van der Waals surface area contributed by atoms with Crippen molar-refractivity contribution in [2.75, 3.05) is 6.61 Å². The smallest absolute Gasteiger partial charge is 0.333 e. The van der Waals surface area contributed by atoms with Crippen molar-refractivity contribution in [3.63, 3.8) is 0 Å². The van der Waals surface area contributed by atoms with E-state index in [9.17, 15) is 4.79 Å². The number of aliphatic carboxylic acids is 1. The third-order valence-corrected chi connectivity index (χ3v) is 2.75. The van der Waals surface area contributed by atoms with E-state index in [1.54, 1.807) is 12.1 Å². The summed E-state index contributed by atoms with van der Waals surface area (Å²) in [5.41, 5.74) is 1.95. The average molecular weight is 257 g/mol. The molecule has 0 saturated heterocycles. The lowest BCUT2D eigenvalue weighted by Gasteiger charge is -2.14. The molecular weight excluding hydrogens is 240 g/mol. The second-order valence-corrected chi connectivity index (χ2v) is 4.41. The summed E-state index contributed by atoms with van der Waals surface area (Å²) in [5.74, 6) is -0.933. The highest BCUT2D eigenvalue weighted by Crippen LogP contribution is 2.18. The Morgan fingerprint density at radius 3 is 2.82 bits per heavy atom. The van der Waals surface area contributed by atoms with Crippen LogP contribution in [0.4, 0.5) is 0 Å². The van der Waals surface area contributed by atoms with Gasteiger partial charge >= 0.3 is 5.97 Å². The number of hydrogen-bond acceptors (Lipinski definition) is 2. The predicted octanol–water partition coefficient (Wildman–Crippen LogP) is 3.07. The van der Waals surface area contributed by atoms with Gasteiger partial charge in [0, 0.05) is 18.1 Å². The molecule has 1 rings (SSSR count). The molecule has 1 atom stereocenters. The van der Waals surface area contributed by atoms with Crippen LogP contribution in [-0.2, 0) is 16.0 Å². The fourth-order valence-corrected chi connectivity index (χ4v) is 1.73. The molecule has 1 aromatic carbocycles. The molecule has 94 valence electrons. The minimum absolute atomic E-state index is 0.349. The van der Waals surface area contributed by atoms with Crippen molar-refractivity contribution >= 4 is 17.6 Å². The molecule has 0 saturated carbocycles. The molecule has 0 bridgehead atoms. The third-order valence-electron chi connectivity index (χ3n) is 2.52. The van der Waals surface area contributed by atoms with Crippen molar-refractivity contribution < 1.29 is 14.6 Å². The van der Waals surface area contributed by atoms with Crippen molar-refractivity contribution in [3.8, 4) is 0 Å². The van der Waals surface area contributed by atoms with Crippen LogP contribution >= 0.6 is 11.6 Å². The van der Waals surface area contributed by atoms with Crippen LogP contribution in [-0.4, -0.2) is 23.8 Å². The maximum Gasteiger partial charge on any atom is 0.333 e. The summed E-state index contributed by atoms with van der Waals surface area (Å²) in [7, 11) is 0. The highest BCUT2D eigenvalue weighted by molar-refractivity contribution is 6.30. The highest BCUT2D eigenvalue weighted by Gasteiger charge is 2.19. The van der Waals surface area contributed by atoms with Gasteiger partial charge in [0.15, 0.2) is 6.10 Å². The molecule has 0 aromatic heterocycles. The first kappa shape index (κ1) is 14.0. The molecule has 0 radical (unpaired) electrons. The largest absolute Gasteiger partial charge is 0.479 e. The molecule has 4 heteroatoms. The molecule has 1 aromatic rings. The fourth-order valence-electron chi connectivity index (χ4n) is 1.54. The molecule has 0 amide bonds. The standard InChI is InChI=1S/C13H17ClO3/c1-3-6-17-12(13(15)16)8-10-7-11(14)5-4-9(10)2/h4-5,7,12H,3,6,8H2,1-2H3,(H,15,16). The van der Waals surface area contributed by atoms with E-state index in [0.29, 0.717) is 18.1 Å². The number of halogens is 1. The summed E-state index contributed by atoms with van der Waals surface area (Å²) in [6, 6.07) is 5.47. The van der Waals surface area contributed by atoms with E-state index >= 15 is 0 Å². The maximum atomic E-state index is 11.0. The number of benzene rings is 1. The van der Waals surface area contributed by atoms with Gasteiger partial charge < -0.3 is 9.84 Å². The number of ether oxygens (including phenoxy) is 1. The number of carboxylic acids is 1. The maximum absolute atomic E-state index is 11.0. The van der Waals surface area contributed by atoms with Gasteiger partial charge in [-0.3, -0.25) is 0 Å². The zero-order valence-corrected chi connectivity index (χ0v) is 10.8. The normalized spacial score (nSPS) is 12.4. The summed E-state index contributed by atoms with van der Waals surface area (Å²) in [6.07, 6.45) is 0.354. The lowest BCUT2D eigenvalue weighted by Crippen LogP contribution is -2.27. The Morgan fingerprint density at radius 1 is 1.53 bits per heavy atom. The summed E-state index contributed by atoms with van der Waals surface area (Å²) in [4.78, 5) is 11.0. The minimum atomic E-state index is -0.933. The molecule has 3 nitrogen and oxygen atoms in total. The fraction of sp³-hybridized carbons (Fsp3) is 0.462. The van der Waals surface area contributed by atoms with Gasteiger partial charge in [-0.25, -0.2) is 4.79 Å². The number of aryl methyl sites for hydroxylation is 1. The van der Waals surface area contributed by atoms with Gasteiger partial charge in [0.25, 0.3) is 0 Å². The summed E-state index contributed by atoms with van der Waals surface area (Å²) >= 11 is 5.90. The van der Waals surface area contributed by atoms with E-state index in [1.807, 2.05) is 19.9 Å². The van der Waals surface area contributed by atoms with E-state index in [0.717, 1.165) is 17.5 Å². The Morgan fingerprint density at radius 2 is 2.24 bits per heavy atom. The average Bonchev–Trinajstić information content (AvgIpc) is 2.28. The van der Waals surface area contributed by atoms with Crippen molar-refractivity contribution in [2.24, 2.45) is 0 Å². The SMILES string of the molecule is CCCOC(Cc1cc(Cl)ccc1C)C(=O)O. The molecule has 0 heterocycles. The topological polar surface area (TPSA) is 46.5 Å². The van der Waals surface area contributed by atoms with Gasteiger partial charge in [-0.05, 0) is 36.6 Å². The van der Waals surface area contributed by atoms with Crippen LogP contribution in [0.3, 0.4) is 0 Å². The van der Waals surface area contributed by atoms with Crippen molar-refractivity contribution in [2.45, 2.75) is 32.8 Å². The lowest BCUT2D eigenvalue weighted by atomic mass is 10.0. The quantitative estimate of drug-likeness (QED) is 0.851. The van der Waals surface area contributed by atoms with Crippen molar-refractivity contribution in [1.82, 2.24) is 0 Å². The van der Waals surface area contributed by atoms with Crippen molar-refractivity contribution in [1.29, 1.82) is 0 Å². The first-order valence-corrected chi connectivity index (χ1v) is 6.01. The van der Waals surface area contributed by atoms with E-state index in [1.165, 1.54) is 0 Å². The summed E-state index contributed by atoms with van der Waals surface area (Å²) in [6.45, 7) is 4.34. The first-order valence-electron chi connectivity index (χ1n) is 5.64. The highest BCUT2D eigenvalue weighted by atomic mass is 35.5. The van der Waals surface area contributed by atoms with E-state index < -0.39 is 12.1 Å². The zero-order valence-electron chi connectivity index (χ0n) is 10.1. The molecule has 0 aliphatic heterocycles. The van der Waals surface area contributed by atoms with Gasteiger partial charge in [-0.2, -0.15) is 0 Å². The van der Waals surface area contributed by atoms with Gasteiger partial charge in [0.1, 0.15) is 0 Å². The Labute approximate surface area is 106 Å². The lowest BCUT2D eigenvalue weighted by molar-refractivity contribution is -0.150. The third kappa shape index (κ3) is 4.36. The second-order valence-electron chi connectivity index (χ2n) is 3.97. The molecule has 0 fully saturated rings. The first-order chi connectivity index (χ1) is 8.04. The number of carbonyl (C=O) groups is 1. The molecule has 0 aliphatic rings. The molecule has 1 unspecified atom stereocenters. The van der Waals surface area contributed by atoms with E-state index in [2.05, 4.69) is 0 Å². The van der Waals surface area contributed by atoms with Crippen LogP contribution in [0.1, 0.15) is 24.5 Å². The molecule has 0 aliphatic carbocycles. The number of carboxylic acid groups (broad SMARTS) is 1. The van der Waals surface area contributed by atoms with Crippen LogP contribution < -0.4 is 0 Å². The molecule has 0 spiro atoms. The molecule has 1 N–H and O–H groups in total. The summed E-state index contributed by atoms with van der Waals surface area (Å²) < 4.78 is 5.31. The predicted molar refractivity (Wildman–Crippen MR) is 67.6 cm³/mol. The van der Waals surface area contributed by atoms with Crippen LogP contribution in [0.15, 0.2) is 18.2 Å². The molecular formula is C13H17ClO3. The Bertz CT molecular complexity index is 390. The Balaban J connectivity index is 2.78. The zero-order chi connectivity index (χ0) is 12.8. The van der Waals surface area contributed by atoms with Gasteiger partial charge in [0.05, 0.1) is 0 Å². The Kier molecular flexibility index (Phi) is 5.45. The van der Waals surface area contributed by atoms with Crippen LogP contribution in [0, 0.1) is 6.92 Å². The van der Waals surface area contributed by atoms with E-state index in [4.69, 9.17) is 21.4 Å². The summed E-state index contributed by atoms with van der Waals surface area (Å²) in [5, 5.41) is 9.68. The van der Waals surface area contributed by atoms with E-state index in [-0.39, 0.29) is 0 Å². The van der Waals surface area contributed by atoms with Crippen molar-refractivity contribution in [3.05, 3.63) is 34.3 Å². The monoisotopic (exact) mass is 256 g/mol. The number of hydrogen-bond donors (Lipinski definition) is 1. The van der Waals surface area contributed by atoms with Crippen LogP contribution in [0.25, 0.3) is 0 Å². The molecule has 17 heavy (non-hydrogen) atoms. The minimum Gasteiger partial charge on any atom is -0.479 e.